The number of nitrogens with zero attached hydrogens (tertiary/aromatic N) is 3. The zero-order valence-corrected chi connectivity index (χ0v) is 19.0. The fraction of sp³-hybridized carbons (Fsp3) is 0.375. The van der Waals surface area contributed by atoms with Crippen LogP contribution in [0.15, 0.2) is 36.9 Å². The molecule has 0 aliphatic carbocycles. The molecular formula is C24H26F2N6O3. The van der Waals surface area contributed by atoms with Gasteiger partial charge >= 0.3 is 0 Å². The summed E-state index contributed by atoms with van der Waals surface area (Å²) in [5.74, 6) is -1.47. The quantitative estimate of drug-likeness (QED) is 0.539. The molecule has 0 bridgehead atoms. The van der Waals surface area contributed by atoms with Gasteiger partial charge in [0, 0.05) is 43.1 Å². The van der Waals surface area contributed by atoms with Crippen LogP contribution in [-0.4, -0.2) is 68.4 Å². The molecule has 4 heterocycles. The lowest BCUT2D eigenvalue weighted by Crippen LogP contribution is -2.40. The van der Waals surface area contributed by atoms with Crippen LogP contribution in [0.5, 0.6) is 0 Å². The van der Waals surface area contributed by atoms with E-state index in [0.29, 0.717) is 18.9 Å². The molecular weight excluding hydrogens is 458 g/mol. The van der Waals surface area contributed by atoms with Crippen molar-refractivity contribution < 1.29 is 23.1 Å². The lowest BCUT2D eigenvalue weighted by atomic mass is 10.1. The number of amides is 2. The molecule has 3 aliphatic heterocycles. The number of nitrogens with one attached hydrogen (secondary N) is 3. The summed E-state index contributed by atoms with van der Waals surface area (Å²) in [7, 11) is 0. The number of alkyl halides is 1. The van der Waals surface area contributed by atoms with Gasteiger partial charge in [0.05, 0.1) is 31.4 Å². The van der Waals surface area contributed by atoms with Crippen LogP contribution in [0, 0.1) is 5.82 Å². The highest BCUT2D eigenvalue weighted by Crippen LogP contribution is 2.35. The Hall–Kier alpha value is -3.73. The Bertz CT molecular complexity index is 1150. The van der Waals surface area contributed by atoms with E-state index in [0.717, 1.165) is 24.9 Å². The van der Waals surface area contributed by atoms with Gasteiger partial charge in [0.25, 0.3) is 5.91 Å². The van der Waals surface area contributed by atoms with Crippen molar-refractivity contribution in [2.75, 3.05) is 54.5 Å². The number of hydrogen-bond acceptors (Lipinski definition) is 7. The molecule has 1 aromatic carbocycles. The van der Waals surface area contributed by atoms with Gasteiger partial charge in [-0.25, -0.2) is 13.8 Å². The SMILES string of the molecule is C=CC(=O)NC1CN(c2nc(Nc3ccc(N4CCOCC4)cc3)c3c(c2F)CNC3=O)CC1F. The summed E-state index contributed by atoms with van der Waals surface area (Å²) < 4.78 is 35.4. The molecule has 2 atom stereocenters. The average molecular weight is 485 g/mol. The third-order valence-corrected chi connectivity index (χ3v) is 6.44. The zero-order chi connectivity index (χ0) is 24.5. The average Bonchev–Trinajstić information content (AvgIpc) is 3.44. The van der Waals surface area contributed by atoms with Gasteiger partial charge in [-0.3, -0.25) is 9.59 Å². The highest BCUT2D eigenvalue weighted by atomic mass is 19.1. The van der Waals surface area contributed by atoms with Crippen molar-refractivity contribution in [2.45, 2.75) is 18.8 Å². The number of carbonyl (C=O) groups excluding carboxylic acids is 2. The lowest BCUT2D eigenvalue weighted by Gasteiger charge is -2.29. The largest absolute Gasteiger partial charge is 0.378 e. The van der Waals surface area contributed by atoms with Crippen molar-refractivity contribution >= 4 is 34.8 Å². The summed E-state index contributed by atoms with van der Waals surface area (Å²) in [5, 5.41) is 8.30. The van der Waals surface area contributed by atoms with Gasteiger partial charge in [0.2, 0.25) is 5.91 Å². The molecule has 0 saturated carbocycles. The molecule has 1 aromatic heterocycles. The van der Waals surface area contributed by atoms with E-state index < -0.39 is 29.8 Å². The van der Waals surface area contributed by atoms with Gasteiger partial charge < -0.3 is 30.5 Å². The lowest BCUT2D eigenvalue weighted by molar-refractivity contribution is -0.117. The van der Waals surface area contributed by atoms with Gasteiger partial charge in [0.1, 0.15) is 12.0 Å². The van der Waals surface area contributed by atoms with Crippen molar-refractivity contribution in [3.05, 3.63) is 53.9 Å². The number of fused-ring (bicyclic) bond motifs is 1. The second-order valence-electron chi connectivity index (χ2n) is 8.65. The molecule has 184 valence electrons. The Morgan fingerprint density at radius 1 is 1.20 bits per heavy atom. The van der Waals surface area contributed by atoms with Crippen LogP contribution in [0.4, 0.5) is 31.8 Å². The molecule has 3 N–H and O–H groups in total. The second-order valence-corrected chi connectivity index (χ2v) is 8.65. The molecule has 2 aromatic rings. The number of morpholine rings is 1. The highest BCUT2D eigenvalue weighted by Gasteiger charge is 2.38. The number of anilines is 4. The molecule has 9 nitrogen and oxygen atoms in total. The molecule has 2 fully saturated rings. The number of carbonyl (C=O) groups is 2. The summed E-state index contributed by atoms with van der Waals surface area (Å²) in [6, 6.07) is 6.82. The molecule has 0 spiro atoms. The van der Waals surface area contributed by atoms with Gasteiger partial charge in [0.15, 0.2) is 11.6 Å². The van der Waals surface area contributed by atoms with Gasteiger partial charge in [-0.2, -0.15) is 0 Å². The van der Waals surface area contributed by atoms with Gasteiger partial charge in [-0.1, -0.05) is 6.58 Å². The minimum Gasteiger partial charge on any atom is -0.378 e. The molecule has 35 heavy (non-hydrogen) atoms. The Kier molecular flexibility index (Phi) is 6.25. The van der Waals surface area contributed by atoms with E-state index in [2.05, 4.69) is 32.4 Å². The summed E-state index contributed by atoms with van der Waals surface area (Å²) in [6.07, 6.45) is -0.343. The van der Waals surface area contributed by atoms with Crippen LogP contribution in [0.25, 0.3) is 0 Å². The van der Waals surface area contributed by atoms with Gasteiger partial charge in [-0.15, -0.1) is 0 Å². The van der Waals surface area contributed by atoms with Crippen LogP contribution in [0.2, 0.25) is 0 Å². The van der Waals surface area contributed by atoms with Gasteiger partial charge in [-0.05, 0) is 30.3 Å². The first-order chi connectivity index (χ1) is 16.9. The van der Waals surface area contributed by atoms with E-state index in [1.165, 1.54) is 4.90 Å². The van der Waals surface area contributed by atoms with Crippen molar-refractivity contribution in [2.24, 2.45) is 0 Å². The van der Waals surface area contributed by atoms with Crippen molar-refractivity contribution in [1.82, 2.24) is 15.6 Å². The maximum atomic E-state index is 15.4. The number of halogens is 2. The van der Waals surface area contributed by atoms with E-state index in [-0.39, 0.29) is 42.4 Å². The third kappa shape index (κ3) is 4.51. The fourth-order valence-corrected chi connectivity index (χ4v) is 4.59. The van der Waals surface area contributed by atoms with E-state index in [1.807, 2.05) is 24.3 Å². The molecule has 2 amide bonds. The maximum Gasteiger partial charge on any atom is 0.255 e. The van der Waals surface area contributed by atoms with Crippen LogP contribution in [-0.2, 0) is 16.1 Å². The third-order valence-electron chi connectivity index (χ3n) is 6.44. The number of ether oxygens (including phenoxy) is 1. The maximum absolute atomic E-state index is 15.4. The minimum atomic E-state index is -1.41. The molecule has 11 heteroatoms. The second kappa shape index (κ2) is 9.49. The Morgan fingerprint density at radius 2 is 1.94 bits per heavy atom. The minimum absolute atomic E-state index is 0.0176. The predicted octanol–water partition coefficient (Wildman–Crippen LogP) is 1.87. The van der Waals surface area contributed by atoms with Crippen molar-refractivity contribution in [3.63, 3.8) is 0 Å². The number of aromatic nitrogens is 1. The first kappa shape index (κ1) is 23.0. The van der Waals surface area contributed by atoms with Crippen molar-refractivity contribution in [3.8, 4) is 0 Å². The Morgan fingerprint density at radius 3 is 2.66 bits per heavy atom. The molecule has 5 rings (SSSR count). The number of pyridine rings is 1. The van der Waals surface area contributed by atoms with E-state index in [9.17, 15) is 14.0 Å². The van der Waals surface area contributed by atoms with Crippen LogP contribution in [0.1, 0.15) is 15.9 Å². The Labute approximate surface area is 201 Å². The zero-order valence-electron chi connectivity index (χ0n) is 19.0. The fourth-order valence-electron chi connectivity index (χ4n) is 4.59. The van der Waals surface area contributed by atoms with Crippen LogP contribution < -0.4 is 25.8 Å². The summed E-state index contributed by atoms with van der Waals surface area (Å²) >= 11 is 0. The molecule has 2 unspecified atom stereocenters. The Balaban J connectivity index is 1.42. The smallest absolute Gasteiger partial charge is 0.255 e. The first-order valence-corrected chi connectivity index (χ1v) is 11.5. The molecule has 3 aliphatic rings. The van der Waals surface area contributed by atoms with Crippen LogP contribution >= 0.6 is 0 Å². The van der Waals surface area contributed by atoms with E-state index >= 15 is 4.39 Å². The summed E-state index contributed by atoms with van der Waals surface area (Å²) in [6.45, 7) is 6.27. The molecule has 0 radical (unpaired) electrons. The molecule has 2 saturated heterocycles. The topological polar surface area (TPSA) is 98.8 Å². The normalized spacial score (nSPS) is 21.5. The number of hydrogen-bond donors (Lipinski definition) is 3. The first-order valence-electron chi connectivity index (χ1n) is 11.5. The van der Waals surface area contributed by atoms with Crippen molar-refractivity contribution in [1.29, 1.82) is 0 Å². The summed E-state index contributed by atoms with van der Waals surface area (Å²) in [4.78, 5) is 32.2. The highest BCUT2D eigenvalue weighted by molar-refractivity contribution is 6.03. The van der Waals surface area contributed by atoms with E-state index in [4.69, 9.17) is 4.74 Å². The number of benzene rings is 1. The number of rotatable bonds is 6. The van der Waals surface area contributed by atoms with Crippen LogP contribution in [0.3, 0.4) is 0 Å². The standard InChI is InChI=1S/C24H26F2N6O3/c1-2-19(33)29-18-13-32(12-17(18)25)23-21(26)16-11-27-24(34)20(16)22(30-23)28-14-3-5-15(6-4-14)31-7-9-35-10-8-31/h2-6,17-18H,1,7-13H2,(H,27,34)(H,28,30)(H,29,33). The van der Waals surface area contributed by atoms with E-state index in [1.54, 1.807) is 0 Å². The predicted molar refractivity (Wildman–Crippen MR) is 127 cm³/mol. The monoisotopic (exact) mass is 484 g/mol. The summed E-state index contributed by atoms with van der Waals surface area (Å²) in [5.41, 5.74) is 2.04.